The molecule has 0 N–H and O–H groups in total. The summed E-state index contributed by atoms with van der Waals surface area (Å²) in [6.45, 7) is 16.6. The van der Waals surface area contributed by atoms with Gasteiger partial charge in [0.2, 0.25) is 0 Å². The second-order valence-electron chi connectivity index (χ2n) is 6.04. The van der Waals surface area contributed by atoms with Crippen LogP contribution in [-0.4, -0.2) is 36.1 Å². The number of hydrogen-bond acceptors (Lipinski definition) is 4. The number of hydrogen-bond donors (Lipinski definition) is 0. The van der Waals surface area contributed by atoms with Crippen LogP contribution in [0, 0.1) is 0 Å². The van der Waals surface area contributed by atoms with Crippen LogP contribution in [0.4, 0.5) is 0 Å². The van der Waals surface area contributed by atoms with E-state index in [-0.39, 0.29) is 11.1 Å². The summed E-state index contributed by atoms with van der Waals surface area (Å²) in [5.74, 6) is 0. The highest BCUT2D eigenvalue weighted by atomic mass is 16.7. The van der Waals surface area contributed by atoms with Gasteiger partial charge >= 0.3 is 0 Å². The average Bonchev–Trinajstić information content (AvgIpc) is 1.99. The number of nitrogens with zero attached hydrogens (tertiary/aromatic N) is 2. The standard InChI is InChI=1S/C9H21NO.C4H9NO/c1-8(2,3)10(11-7)9(4,5)6;1-4(2)5-6-3/h1-7H3;1-3H3. The Bertz CT molecular complexity index is 207. The molecule has 0 aromatic carbocycles. The minimum absolute atomic E-state index is 0.0625. The molecular formula is C13H30N2O2. The third kappa shape index (κ3) is 10.3. The van der Waals surface area contributed by atoms with Crippen LogP contribution in [0.15, 0.2) is 5.16 Å². The lowest BCUT2D eigenvalue weighted by atomic mass is 10.00. The number of oxime groups is 1. The number of hydroxylamine groups is 2. The van der Waals surface area contributed by atoms with Crippen molar-refractivity contribution in [2.75, 3.05) is 14.2 Å². The Balaban J connectivity index is 0. The van der Waals surface area contributed by atoms with E-state index in [4.69, 9.17) is 4.84 Å². The van der Waals surface area contributed by atoms with Crippen LogP contribution in [0.25, 0.3) is 0 Å². The van der Waals surface area contributed by atoms with Crippen molar-refractivity contribution in [3.63, 3.8) is 0 Å². The maximum absolute atomic E-state index is 5.31. The van der Waals surface area contributed by atoms with E-state index in [0.29, 0.717) is 0 Å². The minimum atomic E-state index is 0.0625. The fourth-order valence-electron chi connectivity index (χ4n) is 1.74. The first-order chi connectivity index (χ1) is 7.46. The molecule has 0 aliphatic heterocycles. The van der Waals surface area contributed by atoms with Gasteiger partial charge in [-0.1, -0.05) is 5.16 Å². The van der Waals surface area contributed by atoms with Gasteiger partial charge < -0.3 is 9.68 Å². The summed E-state index contributed by atoms with van der Waals surface area (Å²) in [4.78, 5) is 9.70. The van der Waals surface area contributed by atoms with Gasteiger partial charge in [-0.2, -0.15) is 5.06 Å². The molecular weight excluding hydrogens is 216 g/mol. The summed E-state index contributed by atoms with van der Waals surface area (Å²) in [5.41, 5.74) is 1.07. The fourth-order valence-corrected chi connectivity index (χ4v) is 1.74. The smallest absolute Gasteiger partial charge is 0.106 e. The summed E-state index contributed by atoms with van der Waals surface area (Å²) < 4.78 is 0. The molecule has 0 fully saturated rings. The molecule has 0 heterocycles. The molecule has 0 aliphatic rings. The van der Waals surface area contributed by atoms with Gasteiger partial charge in [0.15, 0.2) is 0 Å². The molecule has 0 aliphatic carbocycles. The van der Waals surface area contributed by atoms with Crippen LogP contribution in [-0.2, 0) is 9.68 Å². The van der Waals surface area contributed by atoms with Crippen molar-refractivity contribution in [3.8, 4) is 0 Å². The van der Waals surface area contributed by atoms with Gasteiger partial charge in [0, 0.05) is 11.1 Å². The summed E-state index contributed by atoms with van der Waals surface area (Å²) in [6.07, 6.45) is 0. The van der Waals surface area contributed by atoms with Gasteiger partial charge in [-0.25, -0.2) is 0 Å². The third-order valence-corrected chi connectivity index (χ3v) is 1.67. The topological polar surface area (TPSA) is 34.1 Å². The molecule has 17 heavy (non-hydrogen) atoms. The third-order valence-electron chi connectivity index (χ3n) is 1.67. The van der Waals surface area contributed by atoms with Crippen molar-refractivity contribution in [2.24, 2.45) is 5.16 Å². The van der Waals surface area contributed by atoms with Gasteiger partial charge in [0.1, 0.15) is 7.11 Å². The largest absolute Gasteiger partial charge is 0.399 e. The second kappa shape index (κ2) is 7.67. The Kier molecular flexibility index (Phi) is 8.45. The molecule has 0 saturated heterocycles. The van der Waals surface area contributed by atoms with E-state index in [1.54, 1.807) is 7.11 Å². The summed E-state index contributed by atoms with van der Waals surface area (Å²) in [5, 5.41) is 5.54. The molecule has 104 valence electrons. The van der Waals surface area contributed by atoms with Crippen LogP contribution in [0.3, 0.4) is 0 Å². The average molecular weight is 246 g/mol. The monoisotopic (exact) mass is 246 g/mol. The maximum atomic E-state index is 5.31. The molecule has 0 spiro atoms. The second-order valence-corrected chi connectivity index (χ2v) is 6.04. The van der Waals surface area contributed by atoms with Gasteiger partial charge in [-0.15, -0.1) is 0 Å². The SMILES string of the molecule is CON(C(C)(C)C)C(C)(C)C.CON=C(C)C. The highest BCUT2D eigenvalue weighted by molar-refractivity contribution is 5.78. The molecule has 0 rings (SSSR count). The van der Waals surface area contributed by atoms with Crippen LogP contribution in [0.2, 0.25) is 0 Å². The van der Waals surface area contributed by atoms with Crippen molar-refractivity contribution < 1.29 is 9.68 Å². The van der Waals surface area contributed by atoms with Crippen molar-refractivity contribution in [1.82, 2.24) is 5.06 Å². The molecule has 0 aromatic rings. The fraction of sp³-hybridized carbons (Fsp3) is 0.923. The van der Waals surface area contributed by atoms with Crippen molar-refractivity contribution >= 4 is 5.71 Å². The highest BCUT2D eigenvalue weighted by Gasteiger charge is 2.31. The Morgan fingerprint density at radius 1 is 0.882 bits per heavy atom. The zero-order valence-corrected chi connectivity index (χ0v) is 13.2. The molecule has 4 nitrogen and oxygen atoms in total. The Morgan fingerprint density at radius 2 is 1.24 bits per heavy atom. The van der Waals surface area contributed by atoms with Gasteiger partial charge in [-0.3, -0.25) is 0 Å². The zero-order chi connectivity index (χ0) is 14.3. The molecule has 0 amide bonds. The van der Waals surface area contributed by atoms with E-state index in [0.717, 1.165) is 5.71 Å². The van der Waals surface area contributed by atoms with Gasteiger partial charge in [0.05, 0.1) is 12.8 Å². The first-order valence-electron chi connectivity index (χ1n) is 5.85. The van der Waals surface area contributed by atoms with Crippen LogP contribution < -0.4 is 0 Å². The van der Waals surface area contributed by atoms with Crippen molar-refractivity contribution in [2.45, 2.75) is 66.5 Å². The lowest BCUT2D eigenvalue weighted by Crippen LogP contribution is -2.51. The lowest BCUT2D eigenvalue weighted by molar-refractivity contribution is -0.237. The summed E-state index contributed by atoms with van der Waals surface area (Å²) in [6, 6.07) is 0. The molecule has 0 atom stereocenters. The lowest BCUT2D eigenvalue weighted by Gasteiger charge is -2.42. The predicted octanol–water partition coefficient (Wildman–Crippen LogP) is 3.48. The summed E-state index contributed by atoms with van der Waals surface area (Å²) >= 11 is 0. The molecule has 0 bridgehead atoms. The van der Waals surface area contributed by atoms with Gasteiger partial charge in [-0.05, 0) is 55.4 Å². The van der Waals surface area contributed by atoms with E-state index >= 15 is 0 Å². The Hall–Kier alpha value is -0.610. The summed E-state index contributed by atoms with van der Waals surface area (Å²) in [7, 11) is 3.25. The van der Waals surface area contributed by atoms with Crippen LogP contribution in [0.5, 0.6) is 0 Å². The normalized spacial score (nSPS) is 11.7. The molecule has 0 radical (unpaired) electrons. The predicted molar refractivity (Wildman–Crippen MR) is 74.1 cm³/mol. The quantitative estimate of drug-likeness (QED) is 0.552. The van der Waals surface area contributed by atoms with E-state index in [1.807, 2.05) is 18.9 Å². The minimum Gasteiger partial charge on any atom is -0.399 e. The molecule has 0 saturated carbocycles. The first-order valence-corrected chi connectivity index (χ1v) is 5.85. The van der Waals surface area contributed by atoms with E-state index < -0.39 is 0 Å². The maximum Gasteiger partial charge on any atom is 0.106 e. The van der Waals surface area contributed by atoms with Crippen molar-refractivity contribution in [3.05, 3.63) is 0 Å². The van der Waals surface area contributed by atoms with E-state index in [2.05, 4.69) is 51.5 Å². The molecule has 0 aromatic heterocycles. The van der Waals surface area contributed by atoms with Gasteiger partial charge in [0.25, 0.3) is 0 Å². The van der Waals surface area contributed by atoms with E-state index in [1.165, 1.54) is 7.11 Å². The molecule has 4 heteroatoms. The molecule has 0 unspecified atom stereocenters. The van der Waals surface area contributed by atoms with Crippen LogP contribution >= 0.6 is 0 Å². The first kappa shape index (κ1) is 18.7. The highest BCUT2D eigenvalue weighted by Crippen LogP contribution is 2.23. The Morgan fingerprint density at radius 3 is 1.24 bits per heavy atom. The van der Waals surface area contributed by atoms with Crippen molar-refractivity contribution in [1.29, 1.82) is 0 Å². The zero-order valence-electron chi connectivity index (χ0n) is 13.2. The Labute approximate surface area is 107 Å². The number of rotatable bonds is 2. The van der Waals surface area contributed by atoms with E-state index in [9.17, 15) is 0 Å². The van der Waals surface area contributed by atoms with Crippen LogP contribution in [0.1, 0.15) is 55.4 Å².